The SMILES string of the molecule is COCCN(CCC#N)c1cc(Cl)c(Cl)cc1[N+](=O)[O-]. The van der Waals surface area contributed by atoms with E-state index in [0.717, 1.165) is 0 Å². The van der Waals surface area contributed by atoms with Crippen LogP contribution in [0.1, 0.15) is 6.42 Å². The van der Waals surface area contributed by atoms with Crippen molar-refractivity contribution in [1.29, 1.82) is 5.26 Å². The fourth-order valence-corrected chi connectivity index (χ4v) is 1.98. The molecule has 0 aliphatic rings. The molecule has 0 bridgehead atoms. The van der Waals surface area contributed by atoms with Crippen LogP contribution in [0.2, 0.25) is 10.0 Å². The number of benzene rings is 1. The largest absolute Gasteiger partial charge is 0.383 e. The maximum atomic E-state index is 11.1. The molecule has 1 rings (SSSR count). The van der Waals surface area contributed by atoms with Crippen LogP contribution >= 0.6 is 23.2 Å². The Balaban J connectivity index is 3.19. The summed E-state index contributed by atoms with van der Waals surface area (Å²) >= 11 is 11.7. The van der Waals surface area contributed by atoms with Crippen LogP contribution in [0.15, 0.2) is 12.1 Å². The fourth-order valence-electron chi connectivity index (χ4n) is 1.66. The monoisotopic (exact) mass is 317 g/mol. The van der Waals surface area contributed by atoms with E-state index in [1.165, 1.54) is 19.2 Å². The lowest BCUT2D eigenvalue weighted by Gasteiger charge is -2.23. The Bertz CT molecular complexity index is 531. The summed E-state index contributed by atoms with van der Waals surface area (Å²) in [4.78, 5) is 12.3. The van der Waals surface area contributed by atoms with Gasteiger partial charge in [-0.05, 0) is 6.07 Å². The summed E-state index contributed by atoms with van der Waals surface area (Å²) in [6, 6.07) is 4.66. The van der Waals surface area contributed by atoms with Gasteiger partial charge in [0.2, 0.25) is 0 Å². The zero-order chi connectivity index (χ0) is 15.1. The number of anilines is 1. The van der Waals surface area contributed by atoms with Crippen LogP contribution in [-0.4, -0.2) is 31.7 Å². The molecule has 8 heteroatoms. The maximum absolute atomic E-state index is 11.1. The normalized spacial score (nSPS) is 10.1. The van der Waals surface area contributed by atoms with E-state index >= 15 is 0 Å². The predicted octanol–water partition coefficient (Wildman–Crippen LogP) is 3.27. The number of methoxy groups -OCH3 is 1. The lowest BCUT2D eigenvalue weighted by atomic mass is 10.2. The molecule has 0 unspecified atom stereocenters. The third-order valence-corrected chi connectivity index (χ3v) is 3.34. The van der Waals surface area contributed by atoms with Gasteiger partial charge in [-0.25, -0.2) is 0 Å². The Labute approximate surface area is 126 Å². The molecular weight excluding hydrogens is 305 g/mol. The summed E-state index contributed by atoms with van der Waals surface area (Å²) in [6.07, 6.45) is 0.237. The smallest absolute Gasteiger partial charge is 0.294 e. The van der Waals surface area contributed by atoms with Gasteiger partial charge in [-0.15, -0.1) is 0 Å². The van der Waals surface area contributed by atoms with E-state index in [4.69, 9.17) is 33.2 Å². The van der Waals surface area contributed by atoms with Gasteiger partial charge in [-0.1, -0.05) is 23.2 Å². The molecule has 0 aliphatic carbocycles. The average Bonchev–Trinajstić information content (AvgIpc) is 2.41. The van der Waals surface area contributed by atoms with Crippen LogP contribution in [0.25, 0.3) is 0 Å². The van der Waals surface area contributed by atoms with E-state index in [1.54, 1.807) is 4.90 Å². The summed E-state index contributed by atoms with van der Waals surface area (Å²) in [7, 11) is 1.53. The van der Waals surface area contributed by atoms with E-state index in [2.05, 4.69) is 0 Å². The molecule has 0 spiro atoms. The van der Waals surface area contributed by atoms with Crippen molar-refractivity contribution in [2.45, 2.75) is 6.42 Å². The van der Waals surface area contributed by atoms with Crippen LogP contribution in [0, 0.1) is 21.4 Å². The van der Waals surface area contributed by atoms with Crippen molar-refractivity contribution >= 4 is 34.6 Å². The second-order valence-corrected chi connectivity index (χ2v) is 4.71. The van der Waals surface area contributed by atoms with E-state index in [0.29, 0.717) is 25.4 Å². The third-order valence-electron chi connectivity index (χ3n) is 2.61. The van der Waals surface area contributed by atoms with Crippen molar-refractivity contribution in [3.63, 3.8) is 0 Å². The molecular formula is C12H13Cl2N3O3. The minimum Gasteiger partial charge on any atom is -0.383 e. The van der Waals surface area contributed by atoms with Gasteiger partial charge in [0.15, 0.2) is 0 Å². The zero-order valence-corrected chi connectivity index (χ0v) is 12.3. The standard InChI is InChI=1S/C12H13Cl2N3O3/c1-20-6-5-16(4-2-3-15)11-7-9(13)10(14)8-12(11)17(18)19/h7-8H,2,4-6H2,1H3. The van der Waals surface area contributed by atoms with Crippen molar-refractivity contribution < 1.29 is 9.66 Å². The van der Waals surface area contributed by atoms with Gasteiger partial charge in [0, 0.05) is 26.3 Å². The Morgan fingerprint density at radius 1 is 1.40 bits per heavy atom. The molecule has 0 aliphatic heterocycles. The summed E-state index contributed by atoms with van der Waals surface area (Å²) in [6.45, 7) is 1.14. The van der Waals surface area contributed by atoms with Crippen molar-refractivity contribution in [2.75, 3.05) is 31.7 Å². The number of ether oxygens (including phenoxy) is 1. The van der Waals surface area contributed by atoms with Gasteiger partial charge >= 0.3 is 0 Å². The lowest BCUT2D eigenvalue weighted by Crippen LogP contribution is -2.28. The van der Waals surface area contributed by atoms with Crippen LogP contribution in [0.4, 0.5) is 11.4 Å². The molecule has 0 saturated carbocycles. The first kappa shape index (κ1) is 16.5. The average molecular weight is 318 g/mol. The number of rotatable bonds is 7. The molecule has 0 N–H and O–H groups in total. The summed E-state index contributed by atoms with van der Waals surface area (Å²) < 4.78 is 4.97. The number of nitrogens with zero attached hydrogens (tertiary/aromatic N) is 3. The molecule has 0 saturated heterocycles. The Morgan fingerprint density at radius 2 is 2.05 bits per heavy atom. The molecule has 1 aromatic carbocycles. The first-order chi connectivity index (χ1) is 9.51. The van der Waals surface area contributed by atoms with Crippen LogP contribution in [0.5, 0.6) is 0 Å². The summed E-state index contributed by atoms with van der Waals surface area (Å²) in [5.74, 6) is 0. The Hall–Kier alpha value is -1.55. The van der Waals surface area contributed by atoms with Gasteiger partial charge in [0.25, 0.3) is 5.69 Å². The van der Waals surface area contributed by atoms with Crippen LogP contribution in [-0.2, 0) is 4.74 Å². The molecule has 0 fully saturated rings. The van der Waals surface area contributed by atoms with Crippen molar-refractivity contribution in [1.82, 2.24) is 0 Å². The molecule has 108 valence electrons. The van der Waals surface area contributed by atoms with Crippen molar-refractivity contribution in [3.05, 3.63) is 32.3 Å². The molecule has 0 atom stereocenters. The highest BCUT2D eigenvalue weighted by Crippen LogP contribution is 2.36. The van der Waals surface area contributed by atoms with Gasteiger partial charge in [0.05, 0.1) is 34.1 Å². The summed E-state index contributed by atoms with van der Waals surface area (Å²) in [5.41, 5.74) is 0.185. The second-order valence-electron chi connectivity index (χ2n) is 3.90. The minimum absolute atomic E-state index is 0.120. The number of nitro groups is 1. The van der Waals surface area contributed by atoms with E-state index in [-0.39, 0.29) is 22.2 Å². The second kappa shape index (κ2) is 7.90. The fraction of sp³-hybridized carbons (Fsp3) is 0.417. The highest BCUT2D eigenvalue weighted by atomic mass is 35.5. The number of nitriles is 1. The highest BCUT2D eigenvalue weighted by Gasteiger charge is 2.21. The lowest BCUT2D eigenvalue weighted by molar-refractivity contribution is -0.384. The molecule has 0 amide bonds. The molecule has 0 aromatic heterocycles. The summed E-state index contributed by atoms with van der Waals surface area (Å²) in [5, 5.41) is 20.1. The molecule has 0 radical (unpaired) electrons. The maximum Gasteiger partial charge on any atom is 0.294 e. The third kappa shape index (κ3) is 4.23. The van der Waals surface area contributed by atoms with E-state index < -0.39 is 4.92 Å². The molecule has 1 aromatic rings. The quantitative estimate of drug-likeness (QED) is 0.569. The molecule has 0 heterocycles. The number of halogens is 2. The van der Waals surface area contributed by atoms with Crippen LogP contribution in [0.3, 0.4) is 0 Å². The van der Waals surface area contributed by atoms with Gasteiger partial charge in [-0.2, -0.15) is 5.26 Å². The van der Waals surface area contributed by atoms with E-state index in [1.807, 2.05) is 6.07 Å². The van der Waals surface area contributed by atoms with Crippen molar-refractivity contribution in [2.24, 2.45) is 0 Å². The minimum atomic E-state index is -0.524. The number of nitro benzene ring substituents is 1. The van der Waals surface area contributed by atoms with Gasteiger partial charge < -0.3 is 9.64 Å². The zero-order valence-electron chi connectivity index (χ0n) is 10.8. The van der Waals surface area contributed by atoms with Crippen LogP contribution < -0.4 is 4.90 Å². The van der Waals surface area contributed by atoms with E-state index in [9.17, 15) is 10.1 Å². The van der Waals surface area contributed by atoms with Gasteiger partial charge in [-0.3, -0.25) is 10.1 Å². The Kier molecular flexibility index (Phi) is 6.52. The first-order valence-electron chi connectivity index (χ1n) is 5.75. The molecule has 6 nitrogen and oxygen atoms in total. The number of hydrogen-bond acceptors (Lipinski definition) is 5. The van der Waals surface area contributed by atoms with Crippen molar-refractivity contribution in [3.8, 4) is 6.07 Å². The Morgan fingerprint density at radius 3 is 2.60 bits per heavy atom. The number of hydrogen-bond donors (Lipinski definition) is 0. The first-order valence-corrected chi connectivity index (χ1v) is 6.51. The topological polar surface area (TPSA) is 79.4 Å². The van der Waals surface area contributed by atoms with Gasteiger partial charge in [0.1, 0.15) is 5.69 Å². The molecule has 20 heavy (non-hydrogen) atoms. The predicted molar refractivity (Wildman–Crippen MR) is 77.4 cm³/mol. The highest BCUT2D eigenvalue weighted by molar-refractivity contribution is 6.42.